The van der Waals surface area contributed by atoms with Gasteiger partial charge in [0.15, 0.2) is 5.82 Å². The Kier molecular flexibility index (Phi) is 6.45. The first-order valence-corrected chi connectivity index (χ1v) is 12.3. The normalized spacial score (nSPS) is 13.9. The van der Waals surface area contributed by atoms with Crippen molar-refractivity contribution in [2.75, 3.05) is 24.8 Å². The van der Waals surface area contributed by atoms with Crippen molar-refractivity contribution in [3.05, 3.63) is 65.6 Å². The van der Waals surface area contributed by atoms with Gasteiger partial charge < -0.3 is 14.8 Å². The molecule has 10 heteroatoms. The minimum Gasteiger partial charge on any atom is -0.492 e. The number of anilines is 2. The topological polar surface area (TPSA) is 102 Å². The van der Waals surface area contributed by atoms with E-state index in [1.165, 1.54) is 11.6 Å². The maximum absolute atomic E-state index is 14.6. The molecule has 8 nitrogen and oxygen atoms in total. The molecule has 0 spiro atoms. The van der Waals surface area contributed by atoms with Crippen molar-refractivity contribution in [1.82, 2.24) is 14.7 Å². The monoisotopic (exact) mass is 470 g/mol. The van der Waals surface area contributed by atoms with Crippen molar-refractivity contribution in [3.8, 4) is 17.0 Å². The van der Waals surface area contributed by atoms with E-state index >= 15 is 0 Å². The van der Waals surface area contributed by atoms with Crippen LogP contribution >= 0.6 is 0 Å². The summed E-state index contributed by atoms with van der Waals surface area (Å²) in [5.74, 6) is 0.285. The van der Waals surface area contributed by atoms with E-state index in [1.54, 1.807) is 37.3 Å². The average molecular weight is 471 g/mol. The second-order valence-electron chi connectivity index (χ2n) is 7.38. The molecule has 0 saturated carbocycles. The minimum absolute atomic E-state index is 0.143. The summed E-state index contributed by atoms with van der Waals surface area (Å²) in [6.07, 6.45) is 2.53. The molecule has 33 heavy (non-hydrogen) atoms. The van der Waals surface area contributed by atoms with Crippen molar-refractivity contribution in [3.63, 3.8) is 0 Å². The third kappa shape index (κ3) is 5.40. The van der Waals surface area contributed by atoms with Gasteiger partial charge in [-0.3, -0.25) is 0 Å². The first-order chi connectivity index (χ1) is 15.8. The van der Waals surface area contributed by atoms with E-state index in [1.807, 2.05) is 12.1 Å². The Balaban J connectivity index is 1.59. The summed E-state index contributed by atoms with van der Waals surface area (Å²) in [7, 11) is -2.82. The Labute approximate surface area is 191 Å². The number of carbonyl (C=O) groups excluding carboxylic acids is 1. The molecular weight excluding hydrogens is 447 g/mol. The quantitative estimate of drug-likeness (QED) is 0.530. The number of amides is 1. The lowest BCUT2D eigenvalue weighted by atomic mass is 10.1. The fraction of sp³-hybridized carbons (Fsp3) is 0.217. The Morgan fingerprint density at radius 1 is 1.30 bits per heavy atom. The Morgan fingerprint density at radius 3 is 2.94 bits per heavy atom. The van der Waals surface area contributed by atoms with Crippen LogP contribution in [0.25, 0.3) is 11.3 Å². The molecule has 3 aromatic rings. The molecule has 0 aliphatic carbocycles. The number of fused-ring (bicyclic) bond motifs is 1. The number of halogens is 1. The summed E-state index contributed by atoms with van der Waals surface area (Å²) in [5, 5.41) is 4.48. The first kappa shape index (κ1) is 22.5. The van der Waals surface area contributed by atoms with E-state index in [-0.39, 0.29) is 18.2 Å². The van der Waals surface area contributed by atoms with E-state index in [0.717, 1.165) is 18.2 Å². The minimum atomic E-state index is -2.82. The SMILES string of the molecule is CCOC(=O)NS(C)(=O)=Cc1cccc(Nc2ncc(F)c(-c3cccc4c3OCC4)n2)c1. The van der Waals surface area contributed by atoms with Gasteiger partial charge in [-0.05, 0) is 36.2 Å². The maximum atomic E-state index is 14.6. The van der Waals surface area contributed by atoms with Gasteiger partial charge in [-0.1, -0.05) is 24.3 Å². The highest BCUT2D eigenvalue weighted by molar-refractivity contribution is 7.99. The van der Waals surface area contributed by atoms with Gasteiger partial charge in [-0.25, -0.2) is 28.1 Å². The van der Waals surface area contributed by atoms with Crippen LogP contribution in [-0.4, -0.2) is 45.1 Å². The van der Waals surface area contributed by atoms with Gasteiger partial charge in [-0.15, -0.1) is 0 Å². The van der Waals surface area contributed by atoms with Crippen molar-refractivity contribution in [2.24, 2.45) is 0 Å². The Hall–Kier alpha value is -3.66. The Morgan fingerprint density at radius 2 is 2.12 bits per heavy atom. The van der Waals surface area contributed by atoms with Crippen molar-refractivity contribution in [2.45, 2.75) is 13.3 Å². The van der Waals surface area contributed by atoms with Crippen molar-refractivity contribution in [1.29, 1.82) is 0 Å². The highest BCUT2D eigenvalue weighted by Crippen LogP contribution is 2.37. The molecule has 1 aliphatic heterocycles. The van der Waals surface area contributed by atoms with Gasteiger partial charge in [0, 0.05) is 29.3 Å². The zero-order valence-electron chi connectivity index (χ0n) is 18.1. The van der Waals surface area contributed by atoms with Gasteiger partial charge in [0.1, 0.15) is 11.4 Å². The number of aromatic nitrogens is 2. The molecule has 1 unspecified atom stereocenters. The zero-order chi connectivity index (χ0) is 23.4. The average Bonchev–Trinajstić information content (AvgIpc) is 3.24. The summed E-state index contributed by atoms with van der Waals surface area (Å²) in [6.45, 7) is 2.40. The van der Waals surface area contributed by atoms with Crippen LogP contribution in [0.4, 0.5) is 20.8 Å². The summed E-state index contributed by atoms with van der Waals surface area (Å²) < 4.78 is 40.1. The maximum Gasteiger partial charge on any atom is 0.418 e. The molecule has 1 aliphatic rings. The number of nitrogens with zero attached hydrogens (tertiary/aromatic N) is 2. The van der Waals surface area contributed by atoms with E-state index < -0.39 is 21.6 Å². The molecule has 2 N–H and O–H groups in total. The molecule has 1 atom stereocenters. The van der Waals surface area contributed by atoms with E-state index in [2.05, 4.69) is 20.0 Å². The summed E-state index contributed by atoms with van der Waals surface area (Å²) in [6, 6.07) is 12.5. The second kappa shape index (κ2) is 9.45. The fourth-order valence-corrected chi connectivity index (χ4v) is 4.57. The van der Waals surface area contributed by atoms with Gasteiger partial charge in [0.25, 0.3) is 0 Å². The molecule has 2 heterocycles. The molecule has 172 valence electrons. The number of carbonyl (C=O) groups is 1. The largest absolute Gasteiger partial charge is 0.492 e. The molecule has 0 saturated heterocycles. The predicted octanol–water partition coefficient (Wildman–Crippen LogP) is 3.69. The number of ether oxygens (including phenoxy) is 2. The van der Waals surface area contributed by atoms with E-state index in [9.17, 15) is 13.4 Å². The number of benzene rings is 2. The van der Waals surface area contributed by atoms with E-state index in [4.69, 9.17) is 9.47 Å². The van der Waals surface area contributed by atoms with Crippen LogP contribution in [0.15, 0.2) is 48.7 Å². The molecular formula is C23H23FN4O4S. The fourth-order valence-electron chi connectivity index (χ4n) is 3.45. The molecule has 1 amide bonds. The number of nitrogens with one attached hydrogen (secondary N) is 2. The van der Waals surface area contributed by atoms with Crippen molar-refractivity contribution >= 4 is 32.8 Å². The van der Waals surface area contributed by atoms with Gasteiger partial charge in [0.05, 0.1) is 29.1 Å². The predicted molar refractivity (Wildman–Crippen MR) is 126 cm³/mol. The van der Waals surface area contributed by atoms with Crippen LogP contribution in [0.3, 0.4) is 0 Å². The highest BCUT2D eigenvalue weighted by Gasteiger charge is 2.20. The van der Waals surface area contributed by atoms with Gasteiger partial charge >= 0.3 is 6.09 Å². The first-order valence-electron chi connectivity index (χ1n) is 10.3. The molecule has 1 aromatic heterocycles. The number of para-hydroxylation sites is 1. The number of hydrogen-bond acceptors (Lipinski definition) is 7. The third-order valence-corrected chi connectivity index (χ3v) is 6.07. The molecule has 2 aromatic carbocycles. The van der Waals surface area contributed by atoms with Gasteiger partial charge in [0.2, 0.25) is 5.95 Å². The number of rotatable bonds is 6. The van der Waals surface area contributed by atoms with Crippen LogP contribution in [-0.2, 0) is 20.9 Å². The van der Waals surface area contributed by atoms with Crippen molar-refractivity contribution < 1.29 is 22.9 Å². The Bertz CT molecular complexity index is 1320. The van der Waals surface area contributed by atoms with Crippen LogP contribution in [0.1, 0.15) is 18.1 Å². The molecule has 0 bridgehead atoms. The summed E-state index contributed by atoms with van der Waals surface area (Å²) in [5.41, 5.74) is 2.93. The van der Waals surface area contributed by atoms with Crippen LogP contribution < -0.4 is 14.8 Å². The second-order valence-corrected chi connectivity index (χ2v) is 9.62. The molecule has 0 radical (unpaired) electrons. The summed E-state index contributed by atoms with van der Waals surface area (Å²) in [4.78, 5) is 20.0. The third-order valence-electron chi connectivity index (χ3n) is 4.78. The lowest BCUT2D eigenvalue weighted by Gasteiger charge is -2.11. The van der Waals surface area contributed by atoms with E-state index in [0.29, 0.717) is 29.2 Å². The van der Waals surface area contributed by atoms with Crippen LogP contribution in [0.2, 0.25) is 0 Å². The highest BCUT2D eigenvalue weighted by atomic mass is 32.2. The number of hydrogen-bond donors (Lipinski definition) is 2. The lowest BCUT2D eigenvalue weighted by Crippen LogP contribution is -2.31. The summed E-state index contributed by atoms with van der Waals surface area (Å²) >= 11 is 0. The van der Waals surface area contributed by atoms with Gasteiger partial charge in [-0.2, -0.15) is 0 Å². The molecule has 0 fully saturated rings. The lowest BCUT2D eigenvalue weighted by molar-refractivity contribution is 0.159. The van der Waals surface area contributed by atoms with Crippen LogP contribution in [0.5, 0.6) is 5.75 Å². The van der Waals surface area contributed by atoms with Crippen LogP contribution in [0, 0.1) is 5.82 Å². The standard InChI is InChI=1S/C23H23FN4O4S/c1-3-31-23(29)28-33(2,30)14-15-6-4-8-17(12-15)26-22-25-13-19(24)20(27-22)18-9-5-7-16-10-11-32-21(16)18/h4-9,12-14H,3,10-11H2,1-2H3,(H,25,26,27)(H,28,29,30). The zero-order valence-corrected chi connectivity index (χ0v) is 18.9. The molecule has 4 rings (SSSR count). The smallest absolute Gasteiger partial charge is 0.418 e.